The van der Waals surface area contributed by atoms with Crippen LogP contribution in [-0.4, -0.2) is 88.1 Å². The van der Waals surface area contributed by atoms with Crippen LogP contribution in [0.1, 0.15) is 49.0 Å². The monoisotopic (exact) mass is 429 g/mol. The zero-order valence-electron chi connectivity index (χ0n) is 18.5. The summed E-state index contributed by atoms with van der Waals surface area (Å²) in [7, 11) is 1.71. The maximum absolute atomic E-state index is 12.9. The summed E-state index contributed by atoms with van der Waals surface area (Å²) in [4.78, 5) is 42.3. The van der Waals surface area contributed by atoms with Crippen LogP contribution in [0.25, 0.3) is 0 Å². The molecule has 2 atom stereocenters. The molecule has 1 aromatic rings. The van der Waals surface area contributed by atoms with Crippen LogP contribution in [0.4, 0.5) is 0 Å². The minimum Gasteiger partial charge on any atom is -0.386 e. The Bertz CT molecular complexity index is 891. The molecule has 0 unspecified atom stereocenters. The molecule has 1 N–H and O–H groups in total. The molecule has 0 bridgehead atoms. The maximum Gasteiger partial charge on any atom is 0.254 e. The molecule has 3 aliphatic heterocycles. The predicted molar refractivity (Wildman–Crippen MR) is 113 cm³/mol. The molecule has 4 rings (SSSR count). The van der Waals surface area contributed by atoms with Crippen molar-refractivity contribution in [1.29, 1.82) is 0 Å². The smallest absolute Gasteiger partial charge is 0.254 e. The topological polar surface area (TPSA) is 90.4 Å². The molecule has 1 spiro atoms. The number of carbonyl (C=O) groups excluding carboxylic acids is 3. The molecule has 2 saturated heterocycles. The lowest BCUT2D eigenvalue weighted by molar-refractivity contribution is -0.209. The Morgan fingerprint density at radius 1 is 1.26 bits per heavy atom. The molecule has 0 aromatic heterocycles. The zero-order valence-corrected chi connectivity index (χ0v) is 18.5. The van der Waals surface area contributed by atoms with Crippen molar-refractivity contribution >= 4 is 17.7 Å². The number of nitrogens with zero attached hydrogens (tertiary/aromatic N) is 3. The summed E-state index contributed by atoms with van der Waals surface area (Å²) in [6, 6.07) is 7.13. The van der Waals surface area contributed by atoms with Gasteiger partial charge < -0.3 is 24.5 Å². The number of likely N-dealkylation sites (tertiary alicyclic amines) is 1. The van der Waals surface area contributed by atoms with Crippen LogP contribution in [0.2, 0.25) is 0 Å². The highest BCUT2D eigenvalue weighted by Crippen LogP contribution is 2.40. The summed E-state index contributed by atoms with van der Waals surface area (Å²) in [6.45, 7) is 4.97. The van der Waals surface area contributed by atoms with Crippen LogP contribution in [0.5, 0.6) is 0 Å². The Balaban J connectivity index is 1.36. The average Bonchev–Trinajstić information content (AvgIpc) is 3.05. The molecule has 31 heavy (non-hydrogen) atoms. The van der Waals surface area contributed by atoms with Gasteiger partial charge in [0.2, 0.25) is 11.8 Å². The number of aliphatic hydroxyl groups is 1. The number of hydrogen-bond donors (Lipinski definition) is 1. The first-order valence-electron chi connectivity index (χ1n) is 10.9. The minimum absolute atomic E-state index is 0.0591. The fraction of sp³-hybridized carbons (Fsp3) is 0.609. The highest BCUT2D eigenvalue weighted by atomic mass is 16.5. The highest BCUT2D eigenvalue weighted by molar-refractivity contribution is 6.00. The van der Waals surface area contributed by atoms with Gasteiger partial charge in [-0.1, -0.05) is 18.2 Å². The van der Waals surface area contributed by atoms with E-state index in [1.165, 1.54) is 6.92 Å². The average molecular weight is 430 g/mol. The van der Waals surface area contributed by atoms with E-state index >= 15 is 0 Å². The van der Waals surface area contributed by atoms with Gasteiger partial charge >= 0.3 is 0 Å². The number of likely N-dealkylation sites (N-methyl/N-ethyl adjacent to an activating group) is 1. The third-order valence-corrected chi connectivity index (χ3v) is 7.17. The fourth-order valence-electron chi connectivity index (χ4n) is 5.02. The van der Waals surface area contributed by atoms with E-state index in [1.807, 2.05) is 18.2 Å². The predicted octanol–water partition coefficient (Wildman–Crippen LogP) is 1.02. The Morgan fingerprint density at radius 3 is 2.58 bits per heavy atom. The van der Waals surface area contributed by atoms with Gasteiger partial charge in [0, 0.05) is 39.2 Å². The second-order valence-corrected chi connectivity index (χ2v) is 9.38. The SMILES string of the molecule is CC(=O)N(C)[C@H]1CC2(CCN(C(=O)CN3Cc4ccccc4C3=O)CC2)OC[C@]1(C)O. The number of rotatable bonds is 3. The molecule has 0 saturated carbocycles. The van der Waals surface area contributed by atoms with E-state index in [0.717, 1.165) is 5.56 Å². The second kappa shape index (κ2) is 7.91. The second-order valence-electron chi connectivity index (χ2n) is 9.38. The van der Waals surface area contributed by atoms with Gasteiger partial charge in [0.15, 0.2) is 0 Å². The largest absolute Gasteiger partial charge is 0.386 e. The summed E-state index contributed by atoms with van der Waals surface area (Å²) in [5, 5.41) is 10.7. The first-order valence-corrected chi connectivity index (χ1v) is 10.9. The third-order valence-electron chi connectivity index (χ3n) is 7.17. The van der Waals surface area contributed by atoms with Crippen LogP contribution < -0.4 is 0 Å². The van der Waals surface area contributed by atoms with E-state index < -0.39 is 11.2 Å². The van der Waals surface area contributed by atoms with Crippen LogP contribution in [0.15, 0.2) is 24.3 Å². The lowest BCUT2D eigenvalue weighted by atomic mass is 9.77. The van der Waals surface area contributed by atoms with Crippen molar-refractivity contribution in [2.75, 3.05) is 33.3 Å². The molecule has 3 heterocycles. The van der Waals surface area contributed by atoms with Gasteiger partial charge in [-0.15, -0.1) is 0 Å². The maximum atomic E-state index is 12.9. The van der Waals surface area contributed by atoms with E-state index in [4.69, 9.17) is 4.74 Å². The molecule has 0 aliphatic carbocycles. The molecular weight excluding hydrogens is 398 g/mol. The number of piperidine rings is 1. The number of fused-ring (bicyclic) bond motifs is 1. The van der Waals surface area contributed by atoms with Crippen molar-refractivity contribution in [3.05, 3.63) is 35.4 Å². The Morgan fingerprint density at radius 2 is 1.94 bits per heavy atom. The zero-order chi connectivity index (χ0) is 22.4. The molecule has 8 heteroatoms. The van der Waals surface area contributed by atoms with Gasteiger partial charge in [-0.3, -0.25) is 14.4 Å². The summed E-state index contributed by atoms with van der Waals surface area (Å²) in [5.41, 5.74) is 0.0778. The number of hydrogen-bond acceptors (Lipinski definition) is 5. The quantitative estimate of drug-likeness (QED) is 0.775. The van der Waals surface area contributed by atoms with Crippen molar-refractivity contribution < 1.29 is 24.2 Å². The summed E-state index contributed by atoms with van der Waals surface area (Å²) >= 11 is 0. The summed E-state index contributed by atoms with van der Waals surface area (Å²) in [6.07, 6.45) is 1.83. The minimum atomic E-state index is -1.11. The van der Waals surface area contributed by atoms with Gasteiger partial charge in [0.1, 0.15) is 12.1 Å². The van der Waals surface area contributed by atoms with Gasteiger partial charge in [-0.25, -0.2) is 0 Å². The van der Waals surface area contributed by atoms with E-state index in [1.54, 1.807) is 34.7 Å². The van der Waals surface area contributed by atoms with E-state index in [-0.39, 0.29) is 36.9 Å². The first kappa shape index (κ1) is 21.8. The molecule has 168 valence electrons. The van der Waals surface area contributed by atoms with Crippen LogP contribution in [0.3, 0.4) is 0 Å². The highest BCUT2D eigenvalue weighted by Gasteiger charge is 2.50. The van der Waals surface area contributed by atoms with Crippen molar-refractivity contribution in [3.63, 3.8) is 0 Å². The molecule has 8 nitrogen and oxygen atoms in total. The number of ether oxygens (including phenoxy) is 1. The number of benzene rings is 1. The van der Waals surface area contributed by atoms with Gasteiger partial charge in [-0.05, 0) is 37.8 Å². The van der Waals surface area contributed by atoms with E-state index in [2.05, 4.69) is 0 Å². The van der Waals surface area contributed by atoms with Crippen LogP contribution in [0, 0.1) is 0 Å². The van der Waals surface area contributed by atoms with Crippen molar-refractivity contribution in [2.24, 2.45) is 0 Å². The Kier molecular flexibility index (Phi) is 5.55. The summed E-state index contributed by atoms with van der Waals surface area (Å²) < 4.78 is 6.11. The van der Waals surface area contributed by atoms with Crippen LogP contribution in [-0.2, 0) is 20.9 Å². The standard InChI is InChI=1S/C23H31N3O5/c1-16(27)24(3)19-12-23(31-15-22(19,2)30)8-10-25(11-9-23)20(28)14-26-13-17-6-4-5-7-18(17)21(26)29/h4-7,19,30H,8-15H2,1-3H3/t19-,22-/m0/s1. The van der Waals surface area contributed by atoms with E-state index in [9.17, 15) is 19.5 Å². The lowest BCUT2D eigenvalue weighted by Gasteiger charge is -2.52. The van der Waals surface area contributed by atoms with Gasteiger partial charge in [-0.2, -0.15) is 0 Å². The van der Waals surface area contributed by atoms with Gasteiger partial charge in [0.05, 0.1) is 18.2 Å². The molecular formula is C23H31N3O5. The van der Waals surface area contributed by atoms with Crippen LogP contribution >= 0.6 is 0 Å². The lowest BCUT2D eigenvalue weighted by Crippen LogP contribution is -2.64. The van der Waals surface area contributed by atoms with Crippen molar-refractivity contribution in [3.8, 4) is 0 Å². The van der Waals surface area contributed by atoms with E-state index in [0.29, 0.717) is 44.5 Å². The molecule has 1 aromatic carbocycles. The third kappa shape index (κ3) is 4.06. The first-order chi connectivity index (χ1) is 14.6. The molecule has 2 fully saturated rings. The number of carbonyl (C=O) groups is 3. The molecule has 0 radical (unpaired) electrons. The normalized spacial score (nSPS) is 27.4. The molecule has 3 aliphatic rings. The fourth-order valence-corrected chi connectivity index (χ4v) is 5.02. The summed E-state index contributed by atoms with van der Waals surface area (Å²) in [5.74, 6) is -0.243. The van der Waals surface area contributed by atoms with Crippen molar-refractivity contribution in [2.45, 2.75) is 56.9 Å². The Hall–Kier alpha value is -2.45. The number of amides is 3. The molecule has 3 amide bonds. The van der Waals surface area contributed by atoms with Gasteiger partial charge in [0.25, 0.3) is 5.91 Å². The van der Waals surface area contributed by atoms with Crippen molar-refractivity contribution in [1.82, 2.24) is 14.7 Å². The Labute approximate surface area is 182 Å².